The summed E-state index contributed by atoms with van der Waals surface area (Å²) in [4.78, 5) is 7.91. The molecule has 0 fully saturated rings. The molecule has 0 atom stereocenters. The minimum atomic E-state index is 0.790. The van der Waals surface area contributed by atoms with Crippen LogP contribution in [0.2, 0.25) is 0 Å². The molecule has 2 heterocycles. The molecular formula is C17H11NOS2. The van der Waals surface area contributed by atoms with E-state index < -0.39 is 0 Å². The molecule has 0 amide bonds. The van der Waals surface area contributed by atoms with Gasteiger partial charge in [0.25, 0.3) is 0 Å². The predicted octanol–water partition coefficient (Wildman–Crippen LogP) is 5.24. The van der Waals surface area contributed by atoms with Gasteiger partial charge in [-0.15, -0.1) is 0 Å². The Hall–Kier alpha value is -1.91. The average Bonchev–Trinajstić information content (AvgIpc) is 2.76. The van der Waals surface area contributed by atoms with Gasteiger partial charge in [0.15, 0.2) is 5.75 Å². The molecule has 4 rings (SSSR count). The largest absolute Gasteiger partial charge is 0.356 e. The average molecular weight is 309 g/mol. The molecule has 0 unspecified atom stereocenters. The zero-order valence-corrected chi connectivity index (χ0v) is 12.7. The number of fused-ring (bicyclic) bond motifs is 2. The van der Waals surface area contributed by atoms with Gasteiger partial charge in [-0.25, -0.2) is 0 Å². The number of nitrogens with zero attached hydrogens (tertiary/aromatic N) is 1. The maximum Gasteiger partial charge on any atom is 0.165 e. The number of oxime groups is 1. The van der Waals surface area contributed by atoms with Crippen LogP contribution in [0.4, 0.5) is 0 Å². The summed E-state index contributed by atoms with van der Waals surface area (Å²) in [5, 5.41) is 4.07. The molecular weight excluding hydrogens is 298 g/mol. The Morgan fingerprint density at radius 1 is 0.810 bits per heavy atom. The van der Waals surface area contributed by atoms with E-state index in [2.05, 4.69) is 41.6 Å². The standard InChI is InChI=1S/C17H11NOS2/c1-3-7-15-12(5-1)9-14(11-18-19-15)17-10-13-6-2-4-8-16(13)20-21-17/h1-11H. The minimum absolute atomic E-state index is 0.790. The minimum Gasteiger partial charge on any atom is -0.356 e. The fourth-order valence-electron chi connectivity index (χ4n) is 2.22. The summed E-state index contributed by atoms with van der Waals surface area (Å²) in [7, 11) is 3.54. The first-order valence-electron chi connectivity index (χ1n) is 6.57. The number of benzene rings is 2. The van der Waals surface area contributed by atoms with E-state index in [1.54, 1.807) is 27.8 Å². The second-order valence-electron chi connectivity index (χ2n) is 4.68. The van der Waals surface area contributed by atoms with Crippen LogP contribution in [-0.2, 0) is 0 Å². The highest BCUT2D eigenvalue weighted by Crippen LogP contribution is 2.47. The molecule has 21 heavy (non-hydrogen) atoms. The molecule has 0 N–H and O–H groups in total. The van der Waals surface area contributed by atoms with Gasteiger partial charge >= 0.3 is 0 Å². The van der Waals surface area contributed by atoms with E-state index in [0.29, 0.717) is 0 Å². The van der Waals surface area contributed by atoms with E-state index in [0.717, 1.165) is 16.9 Å². The molecule has 2 aliphatic heterocycles. The number of hydrogen-bond acceptors (Lipinski definition) is 4. The van der Waals surface area contributed by atoms with Crippen LogP contribution >= 0.6 is 21.6 Å². The highest BCUT2D eigenvalue weighted by Gasteiger charge is 2.16. The summed E-state index contributed by atoms with van der Waals surface area (Å²) >= 11 is 0. The van der Waals surface area contributed by atoms with E-state index in [4.69, 9.17) is 4.84 Å². The van der Waals surface area contributed by atoms with Crippen LogP contribution in [0.1, 0.15) is 11.1 Å². The van der Waals surface area contributed by atoms with Gasteiger partial charge in [0.05, 0.1) is 6.21 Å². The summed E-state index contributed by atoms with van der Waals surface area (Å²) in [6, 6.07) is 16.4. The van der Waals surface area contributed by atoms with Gasteiger partial charge in [-0.3, -0.25) is 0 Å². The van der Waals surface area contributed by atoms with E-state index in [1.807, 2.05) is 24.3 Å². The summed E-state index contributed by atoms with van der Waals surface area (Å²) in [6.07, 6.45) is 6.12. The van der Waals surface area contributed by atoms with Gasteiger partial charge in [0.1, 0.15) is 0 Å². The quantitative estimate of drug-likeness (QED) is 0.672. The second-order valence-corrected chi connectivity index (χ2v) is 6.89. The van der Waals surface area contributed by atoms with Crippen LogP contribution in [0.3, 0.4) is 0 Å². The van der Waals surface area contributed by atoms with E-state index in [-0.39, 0.29) is 0 Å². The Morgan fingerprint density at radius 2 is 1.62 bits per heavy atom. The smallest absolute Gasteiger partial charge is 0.165 e. The lowest BCUT2D eigenvalue weighted by Crippen LogP contribution is -1.91. The van der Waals surface area contributed by atoms with Crippen LogP contribution in [0.25, 0.3) is 12.2 Å². The molecule has 0 saturated carbocycles. The van der Waals surface area contributed by atoms with Gasteiger partial charge in [0, 0.05) is 20.9 Å². The van der Waals surface area contributed by atoms with Crippen LogP contribution in [0, 0.1) is 0 Å². The molecule has 4 heteroatoms. The topological polar surface area (TPSA) is 21.6 Å². The van der Waals surface area contributed by atoms with Crippen molar-refractivity contribution in [3.63, 3.8) is 0 Å². The molecule has 102 valence electrons. The van der Waals surface area contributed by atoms with Crippen molar-refractivity contribution in [2.24, 2.45) is 5.16 Å². The van der Waals surface area contributed by atoms with Crippen molar-refractivity contribution >= 4 is 40.0 Å². The summed E-state index contributed by atoms with van der Waals surface area (Å²) in [5.74, 6) is 0.790. The van der Waals surface area contributed by atoms with Crippen LogP contribution < -0.4 is 4.84 Å². The Balaban J connectivity index is 1.78. The Morgan fingerprint density at radius 3 is 2.57 bits per heavy atom. The van der Waals surface area contributed by atoms with Gasteiger partial charge < -0.3 is 4.84 Å². The predicted molar refractivity (Wildman–Crippen MR) is 91.4 cm³/mol. The van der Waals surface area contributed by atoms with Gasteiger partial charge in [-0.2, -0.15) is 0 Å². The first-order valence-corrected chi connectivity index (χ1v) is 8.72. The van der Waals surface area contributed by atoms with Gasteiger partial charge in [-0.05, 0) is 29.8 Å². The summed E-state index contributed by atoms with van der Waals surface area (Å²) in [6.45, 7) is 0. The van der Waals surface area contributed by atoms with Crippen molar-refractivity contribution in [3.05, 3.63) is 70.1 Å². The molecule has 0 bridgehead atoms. The van der Waals surface area contributed by atoms with E-state index in [1.165, 1.54) is 15.4 Å². The molecule has 2 aromatic carbocycles. The zero-order chi connectivity index (χ0) is 14.1. The maximum atomic E-state index is 5.41. The second kappa shape index (κ2) is 5.47. The molecule has 0 aliphatic carbocycles. The highest BCUT2D eigenvalue weighted by atomic mass is 33.1. The van der Waals surface area contributed by atoms with Crippen molar-refractivity contribution in [2.75, 3.05) is 0 Å². The molecule has 2 aromatic rings. The van der Waals surface area contributed by atoms with Crippen molar-refractivity contribution in [1.82, 2.24) is 0 Å². The first-order chi connectivity index (χ1) is 10.4. The molecule has 2 nitrogen and oxygen atoms in total. The Kier molecular flexibility index (Phi) is 3.33. The van der Waals surface area contributed by atoms with Gasteiger partial charge in [-0.1, -0.05) is 63.1 Å². The number of allylic oxidation sites excluding steroid dienone is 1. The van der Waals surface area contributed by atoms with Crippen molar-refractivity contribution in [2.45, 2.75) is 4.90 Å². The SMILES string of the molecule is C1=NOc2ccccc2C=C1C1=Cc2ccccc2SS1. The molecule has 0 saturated heterocycles. The normalized spacial score (nSPS) is 16.0. The number of hydrogen-bond donors (Lipinski definition) is 0. The van der Waals surface area contributed by atoms with Gasteiger partial charge in [0.2, 0.25) is 0 Å². The van der Waals surface area contributed by atoms with Crippen molar-refractivity contribution in [1.29, 1.82) is 0 Å². The highest BCUT2D eigenvalue weighted by molar-refractivity contribution is 8.78. The zero-order valence-electron chi connectivity index (χ0n) is 11.0. The molecule has 0 radical (unpaired) electrons. The van der Waals surface area contributed by atoms with E-state index >= 15 is 0 Å². The Bertz CT molecular complexity index is 793. The lowest BCUT2D eigenvalue weighted by molar-refractivity contribution is 0.344. The lowest BCUT2D eigenvalue weighted by atomic mass is 10.1. The number of para-hydroxylation sites is 1. The maximum absolute atomic E-state index is 5.41. The molecule has 0 aromatic heterocycles. The van der Waals surface area contributed by atoms with Crippen LogP contribution in [-0.4, -0.2) is 6.21 Å². The lowest BCUT2D eigenvalue weighted by Gasteiger charge is -2.14. The summed E-state index contributed by atoms with van der Waals surface area (Å²) < 4.78 is 0. The van der Waals surface area contributed by atoms with Crippen molar-refractivity contribution in [3.8, 4) is 5.75 Å². The fourth-order valence-corrected chi connectivity index (χ4v) is 4.57. The molecule has 0 spiro atoms. The van der Waals surface area contributed by atoms with Crippen LogP contribution in [0.15, 0.2) is 69.1 Å². The fraction of sp³-hybridized carbons (Fsp3) is 0. The Labute approximate surface area is 131 Å². The summed E-state index contributed by atoms with van der Waals surface area (Å²) in [5.41, 5.74) is 3.38. The molecule has 2 aliphatic rings. The first kappa shape index (κ1) is 12.8. The van der Waals surface area contributed by atoms with E-state index in [9.17, 15) is 0 Å². The van der Waals surface area contributed by atoms with Crippen molar-refractivity contribution < 1.29 is 4.84 Å². The monoisotopic (exact) mass is 309 g/mol. The third-order valence-corrected chi connectivity index (χ3v) is 5.78. The number of rotatable bonds is 1. The third kappa shape index (κ3) is 2.52. The van der Waals surface area contributed by atoms with Crippen LogP contribution in [0.5, 0.6) is 5.75 Å². The third-order valence-electron chi connectivity index (χ3n) is 3.28.